The Balaban J connectivity index is 2.37. The molecule has 0 fully saturated rings. The molecule has 5 nitrogen and oxygen atoms in total. The minimum atomic E-state index is -0.0987. The summed E-state index contributed by atoms with van der Waals surface area (Å²) < 4.78 is 1.71. The third-order valence-electron chi connectivity index (χ3n) is 2.30. The van der Waals surface area contributed by atoms with E-state index in [2.05, 4.69) is 10.4 Å². The number of amides is 1. The summed E-state index contributed by atoms with van der Waals surface area (Å²) in [6.45, 7) is 3.85. The van der Waals surface area contributed by atoms with E-state index in [4.69, 9.17) is 0 Å². The quantitative estimate of drug-likeness (QED) is 0.799. The lowest BCUT2D eigenvalue weighted by atomic mass is 10.2. The number of carbonyl (C=O) groups excluding carboxylic acids is 2. The summed E-state index contributed by atoms with van der Waals surface area (Å²) in [5.41, 5.74) is 1.91. The van der Waals surface area contributed by atoms with Crippen LogP contribution in [0.25, 0.3) is 0 Å². The number of nitrogens with one attached hydrogen (secondary N) is 1. The molecule has 1 aromatic heterocycles. The lowest BCUT2D eigenvalue weighted by molar-refractivity contribution is -0.124. The van der Waals surface area contributed by atoms with Crippen LogP contribution < -0.4 is 5.32 Å². The SMILES string of the molecule is CC(=O)CCC(=O)NCc1cn(C)nc1C. The van der Waals surface area contributed by atoms with E-state index in [0.717, 1.165) is 11.3 Å². The molecule has 0 aliphatic rings. The summed E-state index contributed by atoms with van der Waals surface area (Å²) in [4.78, 5) is 22.0. The van der Waals surface area contributed by atoms with E-state index in [-0.39, 0.29) is 18.1 Å². The van der Waals surface area contributed by atoms with Gasteiger partial charge in [-0.3, -0.25) is 9.48 Å². The van der Waals surface area contributed by atoms with Crippen LogP contribution in [0.4, 0.5) is 0 Å². The van der Waals surface area contributed by atoms with Gasteiger partial charge in [-0.15, -0.1) is 0 Å². The molecule has 0 aromatic carbocycles. The predicted molar refractivity (Wildman–Crippen MR) is 59.7 cm³/mol. The zero-order valence-corrected chi connectivity index (χ0v) is 9.91. The second-order valence-electron chi connectivity index (χ2n) is 3.89. The summed E-state index contributed by atoms with van der Waals surface area (Å²) in [7, 11) is 1.84. The van der Waals surface area contributed by atoms with Crippen molar-refractivity contribution in [2.24, 2.45) is 7.05 Å². The molecule has 1 aromatic rings. The monoisotopic (exact) mass is 223 g/mol. The number of carbonyl (C=O) groups is 2. The highest BCUT2D eigenvalue weighted by Crippen LogP contribution is 2.03. The Kier molecular flexibility index (Phi) is 4.22. The molecule has 16 heavy (non-hydrogen) atoms. The van der Waals surface area contributed by atoms with E-state index in [1.807, 2.05) is 20.2 Å². The fourth-order valence-electron chi connectivity index (χ4n) is 1.39. The van der Waals surface area contributed by atoms with Gasteiger partial charge in [0.1, 0.15) is 5.78 Å². The Morgan fingerprint density at radius 1 is 1.44 bits per heavy atom. The summed E-state index contributed by atoms with van der Waals surface area (Å²) >= 11 is 0. The van der Waals surface area contributed by atoms with Crippen molar-refractivity contribution in [2.45, 2.75) is 33.2 Å². The maximum atomic E-state index is 11.3. The van der Waals surface area contributed by atoms with Gasteiger partial charge in [0.05, 0.1) is 5.69 Å². The molecule has 0 aliphatic heterocycles. The first-order valence-electron chi connectivity index (χ1n) is 5.24. The maximum Gasteiger partial charge on any atom is 0.220 e. The molecule has 0 unspecified atom stereocenters. The fraction of sp³-hybridized carbons (Fsp3) is 0.545. The molecule has 1 amide bonds. The fourth-order valence-corrected chi connectivity index (χ4v) is 1.39. The molecule has 5 heteroatoms. The highest BCUT2D eigenvalue weighted by molar-refractivity contribution is 5.83. The second kappa shape index (κ2) is 5.44. The topological polar surface area (TPSA) is 64.0 Å². The zero-order valence-electron chi connectivity index (χ0n) is 9.91. The molecule has 0 saturated carbocycles. The number of hydrogen-bond acceptors (Lipinski definition) is 3. The molecule has 88 valence electrons. The lowest BCUT2D eigenvalue weighted by Gasteiger charge is -2.02. The average Bonchev–Trinajstić information content (AvgIpc) is 2.51. The van der Waals surface area contributed by atoms with Crippen molar-refractivity contribution in [2.75, 3.05) is 0 Å². The maximum absolute atomic E-state index is 11.3. The lowest BCUT2D eigenvalue weighted by Crippen LogP contribution is -2.23. The van der Waals surface area contributed by atoms with Crippen molar-refractivity contribution in [1.29, 1.82) is 0 Å². The molecular formula is C11H17N3O2. The Hall–Kier alpha value is -1.65. The van der Waals surface area contributed by atoms with Crippen LogP contribution in [-0.2, 0) is 23.2 Å². The van der Waals surface area contributed by atoms with Crippen LogP contribution in [0, 0.1) is 6.92 Å². The van der Waals surface area contributed by atoms with Gasteiger partial charge in [0, 0.05) is 38.2 Å². The Labute approximate surface area is 94.8 Å². The van der Waals surface area contributed by atoms with E-state index in [1.54, 1.807) is 4.68 Å². The number of rotatable bonds is 5. The first-order chi connectivity index (χ1) is 7.49. The van der Waals surface area contributed by atoms with Gasteiger partial charge in [0.25, 0.3) is 0 Å². The first-order valence-corrected chi connectivity index (χ1v) is 5.24. The summed E-state index contributed by atoms with van der Waals surface area (Å²) in [5, 5.41) is 6.94. The van der Waals surface area contributed by atoms with Gasteiger partial charge in [0.2, 0.25) is 5.91 Å². The van der Waals surface area contributed by atoms with Gasteiger partial charge < -0.3 is 10.1 Å². The summed E-state index contributed by atoms with van der Waals surface area (Å²) in [6, 6.07) is 0. The smallest absolute Gasteiger partial charge is 0.220 e. The Morgan fingerprint density at radius 2 is 2.12 bits per heavy atom. The van der Waals surface area contributed by atoms with Crippen LogP contribution in [0.2, 0.25) is 0 Å². The number of aromatic nitrogens is 2. The molecule has 0 atom stereocenters. The highest BCUT2D eigenvalue weighted by Gasteiger charge is 2.06. The van der Waals surface area contributed by atoms with Crippen molar-refractivity contribution in [1.82, 2.24) is 15.1 Å². The molecule has 0 saturated heterocycles. The number of hydrogen-bond donors (Lipinski definition) is 1. The van der Waals surface area contributed by atoms with Gasteiger partial charge in [-0.1, -0.05) is 0 Å². The van der Waals surface area contributed by atoms with Crippen LogP contribution in [0.15, 0.2) is 6.20 Å². The minimum absolute atomic E-state index is 0.0349. The molecule has 0 bridgehead atoms. The van der Waals surface area contributed by atoms with Crippen LogP contribution in [0.3, 0.4) is 0 Å². The molecule has 0 radical (unpaired) electrons. The number of Topliss-reactive ketones (excluding diaryl/α,β-unsaturated/α-hetero) is 1. The van der Waals surface area contributed by atoms with E-state index in [0.29, 0.717) is 13.0 Å². The zero-order chi connectivity index (χ0) is 12.1. The van der Waals surface area contributed by atoms with E-state index in [1.165, 1.54) is 6.92 Å². The molecule has 1 heterocycles. The normalized spacial score (nSPS) is 10.2. The first kappa shape index (κ1) is 12.4. The van der Waals surface area contributed by atoms with Gasteiger partial charge in [-0.2, -0.15) is 5.10 Å². The minimum Gasteiger partial charge on any atom is -0.352 e. The standard InChI is InChI=1S/C11H17N3O2/c1-8(15)4-5-11(16)12-6-10-7-14(3)13-9(10)2/h7H,4-6H2,1-3H3,(H,12,16). The van der Waals surface area contributed by atoms with E-state index < -0.39 is 0 Å². The summed E-state index contributed by atoms with van der Waals surface area (Å²) in [6.07, 6.45) is 2.44. The van der Waals surface area contributed by atoms with Gasteiger partial charge in [-0.25, -0.2) is 0 Å². The Morgan fingerprint density at radius 3 is 2.62 bits per heavy atom. The van der Waals surface area contributed by atoms with Crippen LogP contribution in [-0.4, -0.2) is 21.5 Å². The largest absolute Gasteiger partial charge is 0.352 e. The van der Waals surface area contributed by atoms with E-state index >= 15 is 0 Å². The molecule has 0 spiro atoms. The second-order valence-corrected chi connectivity index (χ2v) is 3.89. The molecule has 0 aliphatic carbocycles. The van der Waals surface area contributed by atoms with Crippen molar-refractivity contribution >= 4 is 11.7 Å². The van der Waals surface area contributed by atoms with Crippen molar-refractivity contribution in [3.8, 4) is 0 Å². The number of nitrogens with zero attached hydrogens (tertiary/aromatic N) is 2. The third-order valence-corrected chi connectivity index (χ3v) is 2.30. The predicted octanol–water partition coefficient (Wildman–Crippen LogP) is 0.714. The van der Waals surface area contributed by atoms with E-state index in [9.17, 15) is 9.59 Å². The number of ketones is 1. The Bertz CT molecular complexity index is 396. The number of aryl methyl sites for hydroxylation is 2. The van der Waals surface area contributed by atoms with Gasteiger partial charge in [0.15, 0.2) is 0 Å². The van der Waals surface area contributed by atoms with Crippen LogP contribution >= 0.6 is 0 Å². The van der Waals surface area contributed by atoms with Gasteiger partial charge in [-0.05, 0) is 13.8 Å². The molecular weight excluding hydrogens is 206 g/mol. The van der Waals surface area contributed by atoms with Crippen LogP contribution in [0.5, 0.6) is 0 Å². The summed E-state index contributed by atoms with van der Waals surface area (Å²) in [5.74, 6) is -0.0637. The molecule has 1 N–H and O–H groups in total. The molecule has 1 rings (SSSR count). The van der Waals surface area contributed by atoms with Crippen molar-refractivity contribution in [3.63, 3.8) is 0 Å². The van der Waals surface area contributed by atoms with Crippen LogP contribution in [0.1, 0.15) is 31.0 Å². The van der Waals surface area contributed by atoms with Gasteiger partial charge >= 0.3 is 0 Å². The highest BCUT2D eigenvalue weighted by atomic mass is 16.2. The average molecular weight is 223 g/mol. The van der Waals surface area contributed by atoms with Crippen molar-refractivity contribution < 1.29 is 9.59 Å². The third kappa shape index (κ3) is 3.84. The van der Waals surface area contributed by atoms with Crippen molar-refractivity contribution in [3.05, 3.63) is 17.5 Å².